The van der Waals surface area contributed by atoms with E-state index in [9.17, 15) is 0 Å². The van der Waals surface area contributed by atoms with Crippen molar-refractivity contribution in [2.75, 3.05) is 19.6 Å². The molecule has 0 spiro atoms. The summed E-state index contributed by atoms with van der Waals surface area (Å²) in [5.74, 6) is 7.33. The lowest BCUT2D eigenvalue weighted by Crippen LogP contribution is -2.48. The second-order valence-electron chi connectivity index (χ2n) is 6.62. The molecule has 3 heteroatoms. The Hall–Kier alpha value is -1.79. The van der Waals surface area contributed by atoms with Gasteiger partial charge in [0.25, 0.3) is 0 Å². The van der Waals surface area contributed by atoms with E-state index in [4.69, 9.17) is 5.10 Å². The number of unbranched alkanes of at least 4 members (excludes halogenated alkanes) is 1. The number of piperidine rings is 3. The molecule has 0 amide bonds. The van der Waals surface area contributed by atoms with Crippen molar-refractivity contribution in [3.8, 4) is 11.8 Å². The predicted molar refractivity (Wildman–Crippen MR) is 89.7 cm³/mol. The third-order valence-electron chi connectivity index (χ3n) is 5.14. The Morgan fingerprint density at radius 2 is 2.14 bits per heavy atom. The Labute approximate surface area is 132 Å². The van der Waals surface area contributed by atoms with Crippen LogP contribution in [0.5, 0.6) is 0 Å². The Kier molecular flexibility index (Phi) is 3.63. The third kappa shape index (κ3) is 2.42. The van der Waals surface area contributed by atoms with E-state index in [0.717, 1.165) is 30.9 Å². The molecule has 0 radical (unpaired) electrons. The van der Waals surface area contributed by atoms with E-state index in [1.807, 2.05) is 6.20 Å². The normalized spacial score (nSPS) is 26.9. The zero-order valence-corrected chi connectivity index (χ0v) is 13.3. The van der Waals surface area contributed by atoms with Crippen LogP contribution in [0.3, 0.4) is 0 Å². The fraction of sp³-hybridized carbons (Fsp3) is 0.526. The molecule has 1 aromatic carbocycles. The van der Waals surface area contributed by atoms with Crippen LogP contribution in [0.15, 0.2) is 24.4 Å². The number of nitrogens with zero attached hydrogens (tertiary/aromatic N) is 3. The fourth-order valence-corrected chi connectivity index (χ4v) is 3.88. The Morgan fingerprint density at radius 1 is 1.27 bits per heavy atom. The fourth-order valence-electron chi connectivity index (χ4n) is 3.88. The molecule has 2 bridgehead atoms. The van der Waals surface area contributed by atoms with Crippen LogP contribution in [-0.2, 0) is 0 Å². The number of rotatable bonds is 2. The lowest BCUT2D eigenvalue weighted by Gasteiger charge is -2.44. The third-order valence-corrected chi connectivity index (χ3v) is 5.14. The van der Waals surface area contributed by atoms with E-state index in [-0.39, 0.29) is 0 Å². The van der Waals surface area contributed by atoms with Crippen molar-refractivity contribution in [1.29, 1.82) is 0 Å². The van der Waals surface area contributed by atoms with Crippen molar-refractivity contribution in [1.82, 2.24) is 14.7 Å². The summed E-state index contributed by atoms with van der Waals surface area (Å²) >= 11 is 0. The molecule has 3 nitrogen and oxygen atoms in total. The zero-order chi connectivity index (χ0) is 14.9. The molecule has 0 aliphatic carbocycles. The van der Waals surface area contributed by atoms with Crippen LogP contribution >= 0.6 is 0 Å². The predicted octanol–water partition coefficient (Wildman–Crippen LogP) is 3.45. The minimum absolute atomic E-state index is 0.541. The molecule has 22 heavy (non-hydrogen) atoms. The van der Waals surface area contributed by atoms with Gasteiger partial charge >= 0.3 is 0 Å². The average molecular weight is 293 g/mol. The minimum atomic E-state index is 0.541. The summed E-state index contributed by atoms with van der Waals surface area (Å²) in [6.45, 7) is 5.87. The molecule has 3 fully saturated rings. The molecule has 3 saturated heterocycles. The van der Waals surface area contributed by atoms with Crippen molar-refractivity contribution in [3.63, 3.8) is 0 Å². The largest absolute Gasteiger partial charge is 0.301 e. The van der Waals surface area contributed by atoms with Gasteiger partial charge < -0.3 is 4.90 Å². The first-order chi connectivity index (χ1) is 10.8. The molecule has 5 rings (SSSR count). The maximum Gasteiger partial charge on any atom is 0.0698 e. The molecular weight excluding hydrogens is 270 g/mol. The molecule has 1 atom stereocenters. The van der Waals surface area contributed by atoms with E-state index < -0.39 is 0 Å². The summed E-state index contributed by atoms with van der Waals surface area (Å²) < 4.78 is 2.27. The van der Waals surface area contributed by atoms with E-state index in [1.54, 1.807) is 0 Å². The van der Waals surface area contributed by atoms with E-state index in [0.29, 0.717) is 6.04 Å². The van der Waals surface area contributed by atoms with Gasteiger partial charge in [0.1, 0.15) is 0 Å². The van der Waals surface area contributed by atoms with Crippen LogP contribution in [-0.4, -0.2) is 34.3 Å². The van der Waals surface area contributed by atoms with Crippen LogP contribution in [0.1, 0.15) is 44.2 Å². The van der Waals surface area contributed by atoms with Gasteiger partial charge in [0.05, 0.1) is 17.8 Å². The quantitative estimate of drug-likeness (QED) is 0.791. The van der Waals surface area contributed by atoms with Crippen molar-refractivity contribution >= 4 is 10.9 Å². The molecule has 114 valence electrons. The molecule has 0 N–H and O–H groups in total. The van der Waals surface area contributed by atoms with E-state index in [1.165, 1.54) is 36.8 Å². The van der Waals surface area contributed by atoms with E-state index in [2.05, 4.69) is 46.5 Å². The summed E-state index contributed by atoms with van der Waals surface area (Å²) in [4.78, 5) is 2.59. The number of benzene rings is 1. The topological polar surface area (TPSA) is 21.1 Å². The van der Waals surface area contributed by atoms with Crippen molar-refractivity contribution in [2.24, 2.45) is 5.92 Å². The SMILES string of the molecule is CCCC#Cc1ccc2cnn([C@H]3CN4CCC3CC4)c2c1. The lowest BCUT2D eigenvalue weighted by atomic mass is 9.84. The number of fused-ring (bicyclic) bond motifs is 4. The van der Waals surface area contributed by atoms with Crippen LogP contribution in [0.25, 0.3) is 10.9 Å². The molecular formula is C19H23N3. The first-order valence-electron chi connectivity index (χ1n) is 8.53. The van der Waals surface area contributed by atoms with Gasteiger partial charge in [-0.3, -0.25) is 4.68 Å². The van der Waals surface area contributed by atoms with Crippen molar-refractivity contribution in [2.45, 2.75) is 38.6 Å². The molecule has 3 aliphatic rings. The maximum atomic E-state index is 4.72. The van der Waals surface area contributed by atoms with Gasteiger partial charge in [0.15, 0.2) is 0 Å². The highest BCUT2D eigenvalue weighted by molar-refractivity contribution is 5.80. The second-order valence-corrected chi connectivity index (χ2v) is 6.62. The standard InChI is InChI=1S/C19H23N3/c1-2-3-4-5-15-6-7-17-13-20-22(18(17)12-15)19-14-21-10-8-16(19)9-11-21/h6-7,12-13,16,19H,2-3,8-11,14H2,1H3/t19-/m0/s1. The number of hydrogen-bond donors (Lipinski definition) is 0. The Balaban J connectivity index is 1.69. The molecule has 1 aromatic heterocycles. The molecule has 0 saturated carbocycles. The van der Waals surface area contributed by atoms with Crippen LogP contribution in [0.2, 0.25) is 0 Å². The van der Waals surface area contributed by atoms with Crippen LogP contribution in [0, 0.1) is 17.8 Å². The van der Waals surface area contributed by atoms with Gasteiger partial charge in [0, 0.05) is 23.9 Å². The van der Waals surface area contributed by atoms with Gasteiger partial charge in [-0.1, -0.05) is 18.8 Å². The summed E-state index contributed by atoms with van der Waals surface area (Å²) in [6.07, 6.45) is 6.74. The van der Waals surface area contributed by atoms with Crippen molar-refractivity contribution < 1.29 is 0 Å². The summed E-state index contributed by atoms with van der Waals surface area (Å²) in [6, 6.07) is 7.05. The molecule has 4 heterocycles. The van der Waals surface area contributed by atoms with Gasteiger partial charge in [-0.25, -0.2) is 0 Å². The summed E-state index contributed by atoms with van der Waals surface area (Å²) in [7, 11) is 0. The minimum Gasteiger partial charge on any atom is -0.301 e. The highest BCUT2D eigenvalue weighted by Gasteiger charge is 2.36. The lowest BCUT2D eigenvalue weighted by molar-refractivity contribution is 0.0534. The van der Waals surface area contributed by atoms with Gasteiger partial charge in [-0.2, -0.15) is 5.10 Å². The van der Waals surface area contributed by atoms with Gasteiger partial charge in [-0.05, 0) is 56.5 Å². The Morgan fingerprint density at radius 3 is 2.86 bits per heavy atom. The molecule has 3 aliphatic heterocycles. The van der Waals surface area contributed by atoms with Crippen LogP contribution < -0.4 is 0 Å². The van der Waals surface area contributed by atoms with Gasteiger partial charge in [-0.15, -0.1) is 0 Å². The first kappa shape index (κ1) is 13.8. The summed E-state index contributed by atoms with van der Waals surface area (Å²) in [5.41, 5.74) is 2.37. The zero-order valence-electron chi connectivity index (χ0n) is 13.3. The maximum absolute atomic E-state index is 4.72. The highest BCUT2D eigenvalue weighted by Crippen LogP contribution is 2.36. The van der Waals surface area contributed by atoms with Crippen LogP contribution in [0.4, 0.5) is 0 Å². The number of hydrogen-bond acceptors (Lipinski definition) is 2. The van der Waals surface area contributed by atoms with Crippen molar-refractivity contribution in [3.05, 3.63) is 30.0 Å². The number of aromatic nitrogens is 2. The smallest absolute Gasteiger partial charge is 0.0698 e. The first-order valence-corrected chi connectivity index (χ1v) is 8.53. The molecule has 0 unspecified atom stereocenters. The monoisotopic (exact) mass is 293 g/mol. The summed E-state index contributed by atoms with van der Waals surface area (Å²) in [5, 5.41) is 5.95. The second kappa shape index (κ2) is 5.78. The average Bonchev–Trinajstić information content (AvgIpc) is 2.99. The van der Waals surface area contributed by atoms with Gasteiger partial charge in [0.2, 0.25) is 0 Å². The highest BCUT2D eigenvalue weighted by atomic mass is 15.3. The molecule has 2 aromatic rings. The van der Waals surface area contributed by atoms with E-state index >= 15 is 0 Å². The Bertz CT molecular complexity index is 726.